The van der Waals surface area contributed by atoms with Crippen LogP contribution in [-0.2, 0) is 13.1 Å². The van der Waals surface area contributed by atoms with Crippen LogP contribution in [0.25, 0.3) is 0 Å². The Morgan fingerprint density at radius 3 is 0.812 bits per heavy atom. The summed E-state index contributed by atoms with van der Waals surface area (Å²) >= 11 is 0. The maximum absolute atomic E-state index is 2.36. The minimum absolute atomic E-state index is 0. The summed E-state index contributed by atoms with van der Waals surface area (Å²) in [5.74, 6) is 0. The third-order valence-electron chi connectivity index (χ3n) is 9.64. The topological polar surface area (TPSA) is 0 Å². The molecule has 2 aromatic carbocycles. The van der Waals surface area contributed by atoms with E-state index in [-0.39, 0.29) is 24.8 Å². The monoisotopic (exact) mass is 707 g/mol. The molecular weight excluding hydrogens is 627 g/mol. The Labute approximate surface area is 313 Å². The Balaban J connectivity index is 0. The Bertz CT molecular complexity index is 825. The number of rotatable bonds is 28. The van der Waals surface area contributed by atoms with Crippen molar-refractivity contribution in [2.24, 2.45) is 0 Å². The molecule has 0 atom stereocenters. The largest absolute Gasteiger partial charge is 1.00 e. The fourth-order valence-electron chi connectivity index (χ4n) is 6.72. The van der Waals surface area contributed by atoms with Gasteiger partial charge in [-0.2, -0.15) is 0 Å². The molecule has 2 nitrogen and oxygen atoms in total. The third kappa shape index (κ3) is 31.0. The first-order valence-electron chi connectivity index (χ1n) is 20.0. The lowest BCUT2D eigenvalue weighted by Crippen LogP contribution is -3.00. The maximum Gasteiger partial charge on any atom is 0.104 e. The second-order valence-electron chi connectivity index (χ2n) is 15.7. The van der Waals surface area contributed by atoms with E-state index >= 15 is 0 Å². The van der Waals surface area contributed by atoms with Gasteiger partial charge in [0, 0.05) is 11.1 Å². The number of quaternary nitrogens is 2. The summed E-state index contributed by atoms with van der Waals surface area (Å²) < 4.78 is 2.23. The number of unbranched alkanes of at least 4 members (excludes halogenated alkanes) is 20. The Kier molecular flexibility index (Phi) is 33.8. The molecule has 280 valence electrons. The first kappa shape index (κ1) is 49.1. The molecule has 0 saturated heterocycles. The second-order valence-corrected chi connectivity index (χ2v) is 15.7. The van der Waals surface area contributed by atoms with Gasteiger partial charge in [-0.05, 0) is 25.7 Å². The highest BCUT2D eigenvalue weighted by Crippen LogP contribution is 2.16. The molecule has 0 unspecified atom stereocenters. The van der Waals surface area contributed by atoms with Crippen LogP contribution < -0.4 is 24.8 Å². The van der Waals surface area contributed by atoms with Crippen LogP contribution in [0.4, 0.5) is 0 Å². The van der Waals surface area contributed by atoms with Crippen molar-refractivity contribution in [2.75, 3.05) is 41.3 Å². The summed E-state index contributed by atoms with van der Waals surface area (Å²) in [5.41, 5.74) is 2.92. The molecule has 0 N–H and O–H groups in total. The van der Waals surface area contributed by atoms with Gasteiger partial charge in [0.15, 0.2) is 0 Å². The van der Waals surface area contributed by atoms with Gasteiger partial charge in [0.1, 0.15) is 13.1 Å². The smallest absolute Gasteiger partial charge is 0.104 e. The van der Waals surface area contributed by atoms with Crippen molar-refractivity contribution in [1.29, 1.82) is 0 Å². The van der Waals surface area contributed by atoms with E-state index < -0.39 is 0 Å². The van der Waals surface area contributed by atoms with Gasteiger partial charge in [0.05, 0.1) is 41.3 Å². The maximum atomic E-state index is 2.36. The fraction of sp³-hybridized carbons (Fsp3) is 0.727. The average Bonchev–Trinajstić information content (AvgIpc) is 3.03. The molecule has 0 bridgehead atoms. The average molecular weight is 708 g/mol. The van der Waals surface area contributed by atoms with Gasteiger partial charge in [-0.3, -0.25) is 0 Å². The lowest BCUT2D eigenvalue weighted by Gasteiger charge is -2.30. The van der Waals surface area contributed by atoms with Crippen molar-refractivity contribution in [3.8, 4) is 0 Å². The zero-order valence-corrected chi connectivity index (χ0v) is 34.3. The minimum atomic E-state index is 0. The molecule has 4 heteroatoms. The molecule has 0 aliphatic carbocycles. The molecule has 0 aliphatic heterocycles. The van der Waals surface area contributed by atoms with Crippen LogP contribution >= 0.6 is 0 Å². The summed E-state index contributed by atoms with van der Waals surface area (Å²) in [6.07, 6.45) is 31.4. The van der Waals surface area contributed by atoms with Crippen LogP contribution in [0.5, 0.6) is 0 Å². The van der Waals surface area contributed by atoms with Crippen molar-refractivity contribution < 1.29 is 33.8 Å². The molecule has 2 rings (SSSR count). The SMILES string of the molecule is CCCCCCCCCCCCC[N+](C)(C)Cc1ccccc1.CCCCCCCCCCCCC[N+](C)(C)Cc1ccccc1.[Cl-].[Cl-]. The number of benzene rings is 2. The predicted octanol–water partition coefficient (Wildman–Crippen LogP) is 7.16. The van der Waals surface area contributed by atoms with E-state index in [0.717, 1.165) is 22.1 Å². The van der Waals surface area contributed by atoms with Gasteiger partial charge in [0.2, 0.25) is 0 Å². The fourth-order valence-corrected chi connectivity index (χ4v) is 6.72. The lowest BCUT2D eigenvalue weighted by molar-refractivity contribution is -0.903. The van der Waals surface area contributed by atoms with Gasteiger partial charge in [-0.15, -0.1) is 0 Å². The van der Waals surface area contributed by atoms with E-state index in [1.807, 2.05) is 0 Å². The molecule has 0 aromatic heterocycles. The highest BCUT2D eigenvalue weighted by molar-refractivity contribution is 5.14. The van der Waals surface area contributed by atoms with Crippen LogP contribution in [0.3, 0.4) is 0 Å². The van der Waals surface area contributed by atoms with Crippen molar-refractivity contribution in [3.63, 3.8) is 0 Å². The van der Waals surface area contributed by atoms with E-state index in [9.17, 15) is 0 Å². The number of halogens is 2. The Morgan fingerprint density at radius 1 is 0.333 bits per heavy atom. The zero-order chi connectivity index (χ0) is 33.6. The van der Waals surface area contributed by atoms with Gasteiger partial charge < -0.3 is 33.8 Å². The van der Waals surface area contributed by atoms with E-state index in [0.29, 0.717) is 0 Å². The molecule has 48 heavy (non-hydrogen) atoms. The summed E-state index contributed by atoms with van der Waals surface area (Å²) in [7, 11) is 9.46. The van der Waals surface area contributed by atoms with Gasteiger partial charge in [-0.25, -0.2) is 0 Å². The molecule has 0 spiro atoms. The molecule has 0 heterocycles. The zero-order valence-electron chi connectivity index (χ0n) is 32.8. The van der Waals surface area contributed by atoms with Crippen molar-refractivity contribution in [3.05, 3.63) is 71.8 Å². The highest BCUT2D eigenvalue weighted by atomic mass is 35.5. The summed E-state index contributed by atoms with van der Waals surface area (Å²) in [6, 6.07) is 21.8. The van der Waals surface area contributed by atoms with Crippen LogP contribution in [0.15, 0.2) is 60.7 Å². The molecule has 0 saturated carbocycles. The van der Waals surface area contributed by atoms with Crippen molar-refractivity contribution in [2.45, 2.75) is 168 Å². The number of hydrogen-bond donors (Lipinski definition) is 0. The van der Waals surface area contributed by atoms with E-state index in [2.05, 4.69) is 103 Å². The quantitative estimate of drug-likeness (QED) is 0.0651. The van der Waals surface area contributed by atoms with Crippen LogP contribution in [-0.4, -0.2) is 50.2 Å². The molecule has 0 aliphatic rings. The molecule has 0 fully saturated rings. The van der Waals surface area contributed by atoms with E-state index in [1.54, 1.807) is 0 Å². The van der Waals surface area contributed by atoms with Gasteiger partial charge in [0.25, 0.3) is 0 Å². The van der Waals surface area contributed by atoms with E-state index in [1.165, 1.54) is 165 Å². The molecular formula is C44H80Cl2N2. The first-order chi connectivity index (χ1) is 22.3. The predicted molar refractivity (Wildman–Crippen MR) is 207 cm³/mol. The molecule has 2 aromatic rings. The first-order valence-corrected chi connectivity index (χ1v) is 20.0. The van der Waals surface area contributed by atoms with E-state index in [4.69, 9.17) is 0 Å². The standard InChI is InChI=1S/2C22H40N.2ClH/c2*1-4-5-6-7-8-9-10-11-12-13-17-20-23(2,3)21-22-18-15-14-16-19-22;;/h2*14-16,18-19H,4-13,17,20-21H2,1-3H3;2*1H/q2*+1;;/p-2. The normalized spacial score (nSPS) is 11.3. The van der Waals surface area contributed by atoms with Crippen LogP contribution in [0, 0.1) is 0 Å². The highest BCUT2D eigenvalue weighted by Gasteiger charge is 2.16. The van der Waals surface area contributed by atoms with Crippen molar-refractivity contribution >= 4 is 0 Å². The van der Waals surface area contributed by atoms with Gasteiger partial charge >= 0.3 is 0 Å². The molecule has 0 radical (unpaired) electrons. The second kappa shape index (κ2) is 33.1. The summed E-state index contributed by atoms with van der Waals surface area (Å²) in [6.45, 7) is 9.48. The minimum Gasteiger partial charge on any atom is -1.00 e. The number of hydrogen-bond acceptors (Lipinski definition) is 0. The Morgan fingerprint density at radius 2 is 0.562 bits per heavy atom. The third-order valence-corrected chi connectivity index (χ3v) is 9.64. The lowest BCUT2D eigenvalue weighted by atomic mass is 10.1. The van der Waals surface area contributed by atoms with Gasteiger partial charge in [-0.1, -0.05) is 190 Å². The molecule has 0 amide bonds. The van der Waals surface area contributed by atoms with Crippen molar-refractivity contribution in [1.82, 2.24) is 0 Å². The van der Waals surface area contributed by atoms with Crippen LogP contribution in [0.1, 0.15) is 166 Å². The van der Waals surface area contributed by atoms with Crippen LogP contribution in [0.2, 0.25) is 0 Å². The summed E-state index contributed by atoms with van der Waals surface area (Å²) in [5, 5.41) is 0. The number of nitrogens with zero attached hydrogens (tertiary/aromatic N) is 2. The Hall–Kier alpha value is -1.06. The summed E-state index contributed by atoms with van der Waals surface area (Å²) in [4.78, 5) is 0.